The number of rotatable bonds is 4. The third-order valence-corrected chi connectivity index (χ3v) is 6.73. The number of likely N-dealkylation sites (tertiary alicyclic amines) is 1. The summed E-state index contributed by atoms with van der Waals surface area (Å²) in [6.45, 7) is 3.93. The van der Waals surface area contributed by atoms with E-state index in [0.29, 0.717) is 22.4 Å². The number of methoxy groups -OCH3 is 1. The lowest BCUT2D eigenvalue weighted by Gasteiger charge is -2.32. The van der Waals surface area contributed by atoms with Gasteiger partial charge in [-0.05, 0) is 55.9 Å². The zero-order chi connectivity index (χ0) is 19.7. The number of hydrogen-bond donors (Lipinski definition) is 1. The van der Waals surface area contributed by atoms with Gasteiger partial charge in [-0.1, -0.05) is 6.92 Å². The third-order valence-electron chi connectivity index (χ3n) is 5.68. The molecule has 1 fully saturated rings. The molecule has 1 aliphatic heterocycles. The molecule has 2 heterocycles. The maximum atomic E-state index is 13.0. The van der Waals surface area contributed by atoms with Gasteiger partial charge in [-0.15, -0.1) is 11.3 Å². The van der Waals surface area contributed by atoms with E-state index in [-0.39, 0.29) is 17.7 Å². The highest BCUT2D eigenvalue weighted by atomic mass is 32.1. The number of nitrogens with one attached hydrogen (secondary N) is 1. The largest absolute Gasteiger partial charge is 0.497 e. The molecule has 1 N–H and O–H groups in total. The van der Waals surface area contributed by atoms with Gasteiger partial charge < -0.3 is 9.64 Å². The second-order valence-electron chi connectivity index (χ2n) is 7.61. The Hall–Kier alpha value is -2.41. The summed E-state index contributed by atoms with van der Waals surface area (Å²) in [6.07, 6.45) is 3.83. The summed E-state index contributed by atoms with van der Waals surface area (Å²) in [6, 6.07) is 6.95. The Kier molecular flexibility index (Phi) is 5.35. The number of aromatic nitrogens is 1. The predicted molar refractivity (Wildman–Crippen MR) is 109 cm³/mol. The Balaban J connectivity index is 1.44. The second-order valence-corrected chi connectivity index (χ2v) is 8.69. The van der Waals surface area contributed by atoms with Gasteiger partial charge in [0.05, 0.1) is 18.7 Å². The van der Waals surface area contributed by atoms with Crippen molar-refractivity contribution < 1.29 is 14.3 Å². The first-order chi connectivity index (χ1) is 13.5. The minimum absolute atomic E-state index is 0.161. The number of hydrogen-bond acceptors (Lipinski definition) is 5. The first kappa shape index (κ1) is 18.9. The molecule has 0 saturated carbocycles. The number of amides is 2. The number of carbonyl (C=O) groups excluding carboxylic acids is 2. The fraction of sp³-hybridized carbons (Fsp3) is 0.476. The van der Waals surface area contributed by atoms with Crippen molar-refractivity contribution in [1.82, 2.24) is 9.88 Å². The Morgan fingerprint density at radius 2 is 1.89 bits per heavy atom. The van der Waals surface area contributed by atoms with E-state index >= 15 is 0 Å². The summed E-state index contributed by atoms with van der Waals surface area (Å²) in [7, 11) is 1.59. The van der Waals surface area contributed by atoms with Crippen molar-refractivity contribution >= 4 is 28.3 Å². The van der Waals surface area contributed by atoms with Gasteiger partial charge in [0, 0.05) is 23.5 Å². The van der Waals surface area contributed by atoms with E-state index < -0.39 is 0 Å². The molecule has 1 aromatic heterocycles. The standard InChI is InChI=1S/C21H25N3O3S/c1-13-9-11-24(12-10-13)20(26)16-7-8-17-18(16)22-21(28-17)23-19(25)14-3-5-15(27-2)6-4-14/h3-6,13,16H,7-12H2,1-2H3,(H,22,23,25). The number of piperidine rings is 1. The SMILES string of the molecule is COc1ccc(C(=O)Nc2nc3c(s2)CCC3C(=O)N2CCC(C)CC2)cc1. The molecule has 2 aromatic rings. The lowest BCUT2D eigenvalue weighted by molar-refractivity contribution is -0.134. The van der Waals surface area contributed by atoms with Gasteiger partial charge in [0.25, 0.3) is 5.91 Å². The summed E-state index contributed by atoms with van der Waals surface area (Å²) in [4.78, 5) is 33.2. The molecule has 4 rings (SSSR count). The Morgan fingerprint density at radius 1 is 1.18 bits per heavy atom. The van der Waals surface area contributed by atoms with E-state index in [9.17, 15) is 9.59 Å². The van der Waals surface area contributed by atoms with E-state index in [2.05, 4.69) is 17.2 Å². The number of carbonyl (C=O) groups is 2. The van der Waals surface area contributed by atoms with E-state index in [1.54, 1.807) is 31.4 Å². The number of benzene rings is 1. The average molecular weight is 400 g/mol. The molecule has 1 aliphatic carbocycles. The van der Waals surface area contributed by atoms with Crippen LogP contribution in [0.4, 0.5) is 5.13 Å². The topological polar surface area (TPSA) is 71.5 Å². The van der Waals surface area contributed by atoms with Gasteiger partial charge in [0.1, 0.15) is 5.75 Å². The Morgan fingerprint density at radius 3 is 2.57 bits per heavy atom. The van der Waals surface area contributed by atoms with Crippen molar-refractivity contribution in [2.75, 3.05) is 25.5 Å². The molecule has 2 aliphatic rings. The number of ether oxygens (including phenoxy) is 1. The summed E-state index contributed by atoms with van der Waals surface area (Å²) in [5, 5.41) is 3.44. The molecule has 6 nitrogen and oxygen atoms in total. The van der Waals surface area contributed by atoms with Crippen LogP contribution >= 0.6 is 11.3 Å². The molecule has 1 aromatic carbocycles. The van der Waals surface area contributed by atoms with Crippen molar-refractivity contribution in [2.45, 2.75) is 38.5 Å². The van der Waals surface area contributed by atoms with E-state index in [1.807, 2.05) is 4.90 Å². The molecule has 0 bridgehead atoms. The van der Waals surface area contributed by atoms with Crippen LogP contribution in [0.25, 0.3) is 0 Å². The third kappa shape index (κ3) is 3.76. The molecule has 1 unspecified atom stereocenters. The number of aryl methyl sites for hydroxylation is 1. The van der Waals surface area contributed by atoms with Gasteiger partial charge in [0.2, 0.25) is 5.91 Å². The maximum Gasteiger partial charge on any atom is 0.257 e. The first-order valence-electron chi connectivity index (χ1n) is 9.79. The maximum absolute atomic E-state index is 13.0. The molecular formula is C21H25N3O3S. The minimum Gasteiger partial charge on any atom is -0.497 e. The molecule has 1 atom stereocenters. The van der Waals surface area contributed by atoms with Crippen LogP contribution in [0.2, 0.25) is 0 Å². The highest BCUT2D eigenvalue weighted by Crippen LogP contribution is 2.39. The smallest absolute Gasteiger partial charge is 0.257 e. The van der Waals surface area contributed by atoms with Gasteiger partial charge in [-0.3, -0.25) is 14.9 Å². The zero-order valence-electron chi connectivity index (χ0n) is 16.2. The number of nitrogens with zero attached hydrogens (tertiary/aromatic N) is 2. The van der Waals surface area contributed by atoms with Crippen molar-refractivity contribution in [3.8, 4) is 5.75 Å². The summed E-state index contributed by atoms with van der Waals surface area (Å²) in [5.41, 5.74) is 1.41. The number of thiazole rings is 1. The van der Waals surface area contributed by atoms with Crippen LogP contribution in [0.5, 0.6) is 5.75 Å². The highest BCUT2D eigenvalue weighted by Gasteiger charge is 2.36. The summed E-state index contributed by atoms with van der Waals surface area (Å²) < 4.78 is 5.12. The van der Waals surface area contributed by atoms with E-state index in [0.717, 1.165) is 49.3 Å². The fourth-order valence-electron chi connectivity index (χ4n) is 3.88. The van der Waals surface area contributed by atoms with Crippen LogP contribution in [-0.4, -0.2) is 41.9 Å². The lowest BCUT2D eigenvalue weighted by atomic mass is 9.97. The summed E-state index contributed by atoms with van der Waals surface area (Å²) >= 11 is 1.48. The molecule has 28 heavy (non-hydrogen) atoms. The highest BCUT2D eigenvalue weighted by molar-refractivity contribution is 7.16. The summed E-state index contributed by atoms with van der Waals surface area (Å²) in [5.74, 6) is 1.23. The van der Waals surface area contributed by atoms with Crippen LogP contribution in [0.1, 0.15) is 53.0 Å². The van der Waals surface area contributed by atoms with Gasteiger partial charge >= 0.3 is 0 Å². The van der Waals surface area contributed by atoms with Crippen LogP contribution in [0.3, 0.4) is 0 Å². The van der Waals surface area contributed by atoms with Crippen molar-refractivity contribution in [3.05, 3.63) is 40.4 Å². The molecule has 0 spiro atoms. The monoisotopic (exact) mass is 399 g/mol. The average Bonchev–Trinajstić information content (AvgIpc) is 3.28. The van der Waals surface area contributed by atoms with E-state index in [4.69, 9.17) is 4.74 Å². The van der Waals surface area contributed by atoms with Crippen LogP contribution in [0.15, 0.2) is 24.3 Å². The first-order valence-corrected chi connectivity index (χ1v) is 10.6. The normalized spacial score (nSPS) is 19.4. The minimum atomic E-state index is -0.206. The molecule has 2 amide bonds. The van der Waals surface area contributed by atoms with Crippen molar-refractivity contribution in [3.63, 3.8) is 0 Å². The second kappa shape index (κ2) is 7.91. The van der Waals surface area contributed by atoms with E-state index in [1.165, 1.54) is 11.3 Å². The lowest BCUT2D eigenvalue weighted by Crippen LogP contribution is -2.40. The van der Waals surface area contributed by atoms with Crippen LogP contribution in [-0.2, 0) is 11.2 Å². The number of anilines is 1. The molecule has 7 heteroatoms. The van der Waals surface area contributed by atoms with Gasteiger partial charge in [-0.2, -0.15) is 0 Å². The number of fused-ring (bicyclic) bond motifs is 1. The molecular weight excluding hydrogens is 374 g/mol. The molecule has 1 saturated heterocycles. The fourth-order valence-corrected chi connectivity index (χ4v) is 4.92. The van der Waals surface area contributed by atoms with Crippen molar-refractivity contribution in [1.29, 1.82) is 0 Å². The zero-order valence-corrected chi connectivity index (χ0v) is 17.1. The molecule has 148 valence electrons. The van der Waals surface area contributed by atoms with Crippen LogP contribution in [0, 0.1) is 5.92 Å². The van der Waals surface area contributed by atoms with Crippen LogP contribution < -0.4 is 10.1 Å². The van der Waals surface area contributed by atoms with Gasteiger partial charge in [-0.25, -0.2) is 4.98 Å². The van der Waals surface area contributed by atoms with Gasteiger partial charge in [0.15, 0.2) is 5.13 Å². The predicted octanol–water partition coefficient (Wildman–Crippen LogP) is 3.69. The Labute approximate surface area is 168 Å². The molecule has 0 radical (unpaired) electrons. The quantitative estimate of drug-likeness (QED) is 0.851. The Bertz CT molecular complexity index is 870. The van der Waals surface area contributed by atoms with Crippen molar-refractivity contribution in [2.24, 2.45) is 5.92 Å².